The lowest BCUT2D eigenvalue weighted by Gasteiger charge is -2.11. The van der Waals surface area contributed by atoms with Crippen LogP contribution in [0.15, 0.2) is 0 Å². The first-order chi connectivity index (χ1) is 7.15. The summed E-state index contributed by atoms with van der Waals surface area (Å²) in [4.78, 5) is 11.3. The van der Waals surface area contributed by atoms with Crippen LogP contribution >= 0.6 is 0 Å². The van der Waals surface area contributed by atoms with Crippen LogP contribution in [0.4, 0.5) is 13.2 Å². The highest BCUT2D eigenvalue weighted by Gasteiger charge is 2.69. The Labute approximate surface area is 91.9 Å². The lowest BCUT2D eigenvalue weighted by Crippen LogP contribution is -2.30. The summed E-state index contributed by atoms with van der Waals surface area (Å²) in [5.74, 6) is -0.540. The van der Waals surface area contributed by atoms with Gasteiger partial charge in [-0.3, -0.25) is 0 Å². The van der Waals surface area contributed by atoms with E-state index in [4.69, 9.17) is 4.74 Å². The lowest BCUT2D eigenvalue weighted by molar-refractivity contribution is -0.146. The van der Waals surface area contributed by atoms with E-state index in [-0.39, 0.29) is 12.8 Å². The molecule has 6 heteroatoms. The first-order valence-electron chi connectivity index (χ1n) is 5.00. The van der Waals surface area contributed by atoms with Crippen molar-refractivity contribution in [2.45, 2.75) is 50.5 Å². The van der Waals surface area contributed by atoms with E-state index in [2.05, 4.69) is 4.74 Å². The fraction of sp³-hybridized carbons (Fsp3) is 0.900. The maximum atomic E-state index is 11.9. The number of halogens is 3. The van der Waals surface area contributed by atoms with Crippen LogP contribution in [0, 0.1) is 0 Å². The monoisotopic (exact) mass is 240 g/mol. The molecule has 0 N–H and O–H groups in total. The Morgan fingerprint density at radius 1 is 1.38 bits per heavy atom. The summed E-state index contributed by atoms with van der Waals surface area (Å²) >= 11 is 0. The van der Waals surface area contributed by atoms with Gasteiger partial charge in [0.05, 0.1) is 7.11 Å². The summed E-state index contributed by atoms with van der Waals surface area (Å²) in [6.45, 7) is 3.16. The summed E-state index contributed by atoms with van der Waals surface area (Å²) in [5, 5.41) is 0. The Morgan fingerprint density at radius 2 is 1.94 bits per heavy atom. The molecule has 0 spiro atoms. The van der Waals surface area contributed by atoms with Gasteiger partial charge in [-0.25, -0.2) is 4.79 Å². The highest BCUT2D eigenvalue weighted by atomic mass is 19.4. The number of hydrogen-bond acceptors (Lipinski definition) is 3. The molecule has 94 valence electrons. The van der Waals surface area contributed by atoms with Crippen LogP contribution in [0.5, 0.6) is 0 Å². The number of rotatable bonds is 4. The van der Waals surface area contributed by atoms with Gasteiger partial charge >= 0.3 is 12.1 Å². The van der Waals surface area contributed by atoms with Crippen molar-refractivity contribution >= 4 is 5.97 Å². The molecule has 3 nitrogen and oxygen atoms in total. The molecule has 2 unspecified atom stereocenters. The molecule has 0 aromatic heterocycles. The quantitative estimate of drug-likeness (QED) is 0.559. The van der Waals surface area contributed by atoms with E-state index >= 15 is 0 Å². The summed E-state index contributed by atoms with van der Waals surface area (Å²) in [6, 6.07) is 0. The van der Waals surface area contributed by atoms with Gasteiger partial charge in [0.25, 0.3) is 0 Å². The molecule has 0 aliphatic carbocycles. The molecular weight excluding hydrogens is 225 g/mol. The van der Waals surface area contributed by atoms with Gasteiger partial charge in [-0.2, -0.15) is 13.2 Å². The molecular formula is C10H15F3O3. The normalized spacial score (nSPS) is 33.6. The Balaban J connectivity index is 2.43. The van der Waals surface area contributed by atoms with Gasteiger partial charge in [0.2, 0.25) is 0 Å². The van der Waals surface area contributed by atoms with Crippen LogP contribution in [-0.4, -0.2) is 30.5 Å². The van der Waals surface area contributed by atoms with Gasteiger partial charge in [0.15, 0.2) is 5.60 Å². The van der Waals surface area contributed by atoms with Gasteiger partial charge < -0.3 is 9.47 Å². The van der Waals surface area contributed by atoms with Gasteiger partial charge in [-0.1, -0.05) is 0 Å². The molecule has 0 aromatic carbocycles. The molecule has 2 atom stereocenters. The minimum Gasteiger partial charge on any atom is -0.467 e. The van der Waals surface area contributed by atoms with Crippen molar-refractivity contribution in [1.82, 2.24) is 0 Å². The second-order valence-electron chi connectivity index (χ2n) is 4.33. The third-order valence-electron chi connectivity index (χ3n) is 3.09. The number of ether oxygens (including phenoxy) is 2. The van der Waals surface area contributed by atoms with Crippen molar-refractivity contribution in [3.63, 3.8) is 0 Å². The first kappa shape index (κ1) is 13.3. The van der Waals surface area contributed by atoms with Gasteiger partial charge in [-0.05, 0) is 26.7 Å². The van der Waals surface area contributed by atoms with Crippen LogP contribution in [0.2, 0.25) is 0 Å². The Kier molecular flexibility index (Phi) is 3.24. The number of alkyl halides is 3. The number of epoxide rings is 1. The molecule has 1 saturated heterocycles. The second-order valence-corrected chi connectivity index (χ2v) is 4.33. The van der Waals surface area contributed by atoms with Crippen molar-refractivity contribution in [3.05, 3.63) is 0 Å². The predicted octanol–water partition coefficient (Wildman–Crippen LogP) is 2.44. The van der Waals surface area contributed by atoms with E-state index < -0.39 is 29.8 Å². The molecule has 0 bridgehead atoms. The molecule has 1 fully saturated rings. The van der Waals surface area contributed by atoms with Crippen molar-refractivity contribution in [3.8, 4) is 0 Å². The first-order valence-corrected chi connectivity index (χ1v) is 5.00. The van der Waals surface area contributed by atoms with E-state index in [1.54, 1.807) is 6.92 Å². The topological polar surface area (TPSA) is 38.8 Å². The maximum Gasteiger partial charge on any atom is 0.389 e. The van der Waals surface area contributed by atoms with Crippen LogP contribution in [-0.2, 0) is 14.3 Å². The number of carbonyl (C=O) groups is 1. The molecule has 0 amide bonds. The fourth-order valence-corrected chi connectivity index (χ4v) is 1.79. The smallest absolute Gasteiger partial charge is 0.389 e. The molecule has 1 aliphatic heterocycles. The Morgan fingerprint density at radius 3 is 2.38 bits per heavy atom. The van der Waals surface area contributed by atoms with Gasteiger partial charge in [0.1, 0.15) is 5.60 Å². The average molecular weight is 240 g/mol. The molecule has 16 heavy (non-hydrogen) atoms. The van der Waals surface area contributed by atoms with Crippen LogP contribution in [0.3, 0.4) is 0 Å². The van der Waals surface area contributed by atoms with E-state index in [1.807, 2.05) is 0 Å². The highest BCUT2D eigenvalue weighted by molar-refractivity contribution is 5.84. The second kappa shape index (κ2) is 3.91. The van der Waals surface area contributed by atoms with E-state index in [1.165, 1.54) is 14.0 Å². The van der Waals surface area contributed by atoms with Crippen LogP contribution in [0.25, 0.3) is 0 Å². The largest absolute Gasteiger partial charge is 0.467 e. The molecule has 0 saturated carbocycles. The van der Waals surface area contributed by atoms with E-state index in [9.17, 15) is 18.0 Å². The Hall–Kier alpha value is -0.780. The zero-order chi connectivity index (χ0) is 12.6. The summed E-state index contributed by atoms with van der Waals surface area (Å²) < 4.78 is 45.6. The third-order valence-corrected chi connectivity index (χ3v) is 3.09. The Bertz CT molecular complexity index is 290. The SMILES string of the molecule is COC(=O)C1(C)OC1(C)CCCC(F)(F)F. The van der Waals surface area contributed by atoms with Crippen molar-refractivity contribution < 1.29 is 27.4 Å². The third kappa shape index (κ3) is 2.48. The summed E-state index contributed by atoms with van der Waals surface area (Å²) in [7, 11) is 1.23. The van der Waals surface area contributed by atoms with Gasteiger partial charge in [0, 0.05) is 6.42 Å². The van der Waals surface area contributed by atoms with Crippen LogP contribution in [0.1, 0.15) is 33.1 Å². The van der Waals surface area contributed by atoms with Crippen molar-refractivity contribution in [2.24, 2.45) is 0 Å². The zero-order valence-corrected chi connectivity index (χ0v) is 9.48. The minimum atomic E-state index is -4.16. The average Bonchev–Trinajstić information content (AvgIpc) is 2.67. The number of methoxy groups -OCH3 is 1. The number of esters is 1. The minimum absolute atomic E-state index is 0.0490. The number of hydrogen-bond donors (Lipinski definition) is 0. The fourth-order valence-electron chi connectivity index (χ4n) is 1.79. The molecule has 0 aromatic rings. The molecule has 1 aliphatic rings. The van der Waals surface area contributed by atoms with Gasteiger partial charge in [-0.15, -0.1) is 0 Å². The lowest BCUT2D eigenvalue weighted by atomic mass is 9.91. The predicted molar refractivity (Wildman–Crippen MR) is 49.8 cm³/mol. The molecule has 1 heterocycles. The number of carbonyl (C=O) groups excluding carboxylic acids is 1. The summed E-state index contributed by atoms with van der Waals surface area (Å²) in [5.41, 5.74) is -1.92. The zero-order valence-electron chi connectivity index (χ0n) is 9.48. The van der Waals surface area contributed by atoms with E-state index in [0.29, 0.717) is 0 Å². The van der Waals surface area contributed by atoms with Crippen molar-refractivity contribution in [2.75, 3.05) is 7.11 Å². The molecule has 1 rings (SSSR count). The standard InChI is InChI=1S/C10H15F3O3/c1-8(5-4-6-10(11,12)13)9(2,16-8)7(14)15-3/h4-6H2,1-3H3. The highest BCUT2D eigenvalue weighted by Crippen LogP contribution is 2.51. The molecule has 0 radical (unpaired) electrons. The van der Waals surface area contributed by atoms with Crippen molar-refractivity contribution in [1.29, 1.82) is 0 Å². The van der Waals surface area contributed by atoms with E-state index in [0.717, 1.165) is 0 Å². The van der Waals surface area contributed by atoms with Crippen LogP contribution < -0.4 is 0 Å². The summed E-state index contributed by atoms with van der Waals surface area (Å²) in [6.07, 6.45) is -4.87. The maximum absolute atomic E-state index is 11.9.